The molecular weight excluding hydrogens is 196 g/mol. The van der Waals surface area contributed by atoms with Crippen LogP contribution in [-0.2, 0) is 0 Å². The number of unbranched alkanes of at least 4 members (excludes halogenated alkanes) is 1. The van der Waals surface area contributed by atoms with Gasteiger partial charge < -0.3 is 0 Å². The van der Waals surface area contributed by atoms with E-state index in [0.29, 0.717) is 0 Å². The summed E-state index contributed by atoms with van der Waals surface area (Å²) in [6.07, 6.45) is 9.04. The molecule has 0 aliphatic heterocycles. The average molecular weight is 216 g/mol. The van der Waals surface area contributed by atoms with E-state index < -0.39 is 0 Å². The maximum Gasteiger partial charge on any atom is 0.0662 e. The second-order valence-electron chi connectivity index (χ2n) is 3.81. The monoisotopic (exact) mass is 216 g/mol. The lowest BCUT2D eigenvalue weighted by molar-refractivity contribution is 0.958. The molecule has 2 heteroatoms. The van der Waals surface area contributed by atoms with Gasteiger partial charge >= 0.3 is 0 Å². The van der Waals surface area contributed by atoms with Crippen LogP contribution in [0.4, 0.5) is 0 Å². The van der Waals surface area contributed by atoms with Gasteiger partial charge in [-0.2, -0.15) is 0 Å². The Morgan fingerprint density at radius 3 is 2.56 bits per heavy atom. The molecule has 2 nitrogen and oxygen atoms in total. The van der Waals surface area contributed by atoms with Gasteiger partial charge in [-0.1, -0.05) is 26.3 Å². The van der Waals surface area contributed by atoms with Crippen LogP contribution in [0.15, 0.2) is 35.6 Å². The number of nitrogens with zero attached hydrogens (tertiary/aromatic N) is 2. The lowest BCUT2D eigenvalue weighted by Gasteiger charge is -2.03. The highest BCUT2D eigenvalue weighted by atomic mass is 14.8. The van der Waals surface area contributed by atoms with E-state index in [2.05, 4.69) is 36.8 Å². The highest BCUT2D eigenvalue weighted by Crippen LogP contribution is 2.17. The molecule has 0 saturated heterocycles. The van der Waals surface area contributed by atoms with E-state index in [1.54, 1.807) is 0 Å². The second-order valence-corrected chi connectivity index (χ2v) is 3.81. The van der Waals surface area contributed by atoms with E-state index >= 15 is 0 Å². The molecule has 0 fully saturated rings. The van der Waals surface area contributed by atoms with Gasteiger partial charge in [-0.3, -0.25) is 9.98 Å². The van der Waals surface area contributed by atoms with Gasteiger partial charge in [0, 0.05) is 23.7 Å². The van der Waals surface area contributed by atoms with Crippen LogP contribution in [0, 0.1) is 0 Å². The Bertz CT molecular complexity index is 364. The zero-order chi connectivity index (χ0) is 11.8. The van der Waals surface area contributed by atoms with Gasteiger partial charge in [0.25, 0.3) is 0 Å². The van der Waals surface area contributed by atoms with Crippen molar-refractivity contribution in [2.24, 2.45) is 4.99 Å². The highest BCUT2D eigenvalue weighted by molar-refractivity contribution is 5.87. The van der Waals surface area contributed by atoms with Gasteiger partial charge in [0.1, 0.15) is 0 Å². The van der Waals surface area contributed by atoms with Crippen molar-refractivity contribution >= 4 is 11.4 Å². The fourth-order valence-electron chi connectivity index (χ4n) is 1.32. The number of aromatic nitrogens is 1. The molecule has 0 spiro atoms. The van der Waals surface area contributed by atoms with E-state index in [4.69, 9.17) is 0 Å². The van der Waals surface area contributed by atoms with Crippen molar-refractivity contribution in [1.29, 1.82) is 0 Å². The molecule has 0 aromatic carbocycles. The van der Waals surface area contributed by atoms with Crippen molar-refractivity contribution in [3.05, 3.63) is 36.2 Å². The zero-order valence-electron chi connectivity index (χ0n) is 10.4. The molecule has 0 bridgehead atoms. The molecule has 1 aromatic rings. The minimum absolute atomic E-state index is 0.995. The van der Waals surface area contributed by atoms with Crippen LogP contribution in [0.3, 0.4) is 0 Å². The third kappa shape index (κ3) is 3.97. The highest BCUT2D eigenvalue weighted by Gasteiger charge is 1.99. The number of hydrogen-bond acceptors (Lipinski definition) is 2. The smallest absolute Gasteiger partial charge is 0.0662 e. The molecule has 0 unspecified atom stereocenters. The van der Waals surface area contributed by atoms with Gasteiger partial charge in [-0.05, 0) is 31.9 Å². The SMILES string of the molecule is CCC/C=C(/N=C(/C)CC)c1ccncc1. The van der Waals surface area contributed by atoms with E-state index in [9.17, 15) is 0 Å². The Kier molecular flexibility index (Phi) is 5.48. The van der Waals surface area contributed by atoms with Crippen LogP contribution in [0.5, 0.6) is 0 Å². The van der Waals surface area contributed by atoms with Crippen molar-refractivity contribution in [2.75, 3.05) is 0 Å². The first-order valence-corrected chi connectivity index (χ1v) is 5.92. The number of hydrogen-bond donors (Lipinski definition) is 0. The van der Waals surface area contributed by atoms with Crippen molar-refractivity contribution in [3.63, 3.8) is 0 Å². The largest absolute Gasteiger partial charge is 0.265 e. The molecular formula is C14H20N2. The Labute approximate surface area is 98.1 Å². The van der Waals surface area contributed by atoms with Crippen LogP contribution in [0.1, 0.15) is 45.6 Å². The normalized spacial score (nSPS) is 12.9. The predicted octanol–water partition coefficient (Wildman–Crippen LogP) is 4.09. The van der Waals surface area contributed by atoms with Crippen molar-refractivity contribution in [2.45, 2.75) is 40.0 Å². The molecule has 1 aromatic heterocycles. The second kappa shape index (κ2) is 6.94. The first-order chi connectivity index (χ1) is 7.77. The summed E-state index contributed by atoms with van der Waals surface area (Å²) < 4.78 is 0. The van der Waals surface area contributed by atoms with E-state index in [1.807, 2.05) is 24.5 Å². The average Bonchev–Trinajstić information content (AvgIpc) is 2.35. The molecule has 86 valence electrons. The topological polar surface area (TPSA) is 25.2 Å². The number of pyridine rings is 1. The molecule has 16 heavy (non-hydrogen) atoms. The molecule has 0 radical (unpaired) electrons. The van der Waals surface area contributed by atoms with Crippen LogP contribution in [0.2, 0.25) is 0 Å². The third-order valence-corrected chi connectivity index (χ3v) is 2.43. The minimum atomic E-state index is 0.995. The number of aliphatic imine (C=N–C) groups is 1. The molecule has 1 heterocycles. The maximum atomic E-state index is 4.65. The van der Waals surface area contributed by atoms with Crippen LogP contribution < -0.4 is 0 Å². The molecule has 0 N–H and O–H groups in total. The van der Waals surface area contributed by atoms with Gasteiger partial charge in [0.05, 0.1) is 5.70 Å². The third-order valence-electron chi connectivity index (χ3n) is 2.43. The molecule has 1 rings (SSSR count). The molecule has 0 aliphatic rings. The minimum Gasteiger partial charge on any atom is -0.265 e. The first kappa shape index (κ1) is 12.6. The Morgan fingerprint density at radius 1 is 1.31 bits per heavy atom. The summed E-state index contributed by atoms with van der Waals surface area (Å²) in [6.45, 7) is 6.38. The van der Waals surface area contributed by atoms with Crippen LogP contribution in [0.25, 0.3) is 5.70 Å². The Morgan fingerprint density at radius 2 is 2.00 bits per heavy atom. The lowest BCUT2D eigenvalue weighted by Crippen LogP contribution is -1.90. The lowest BCUT2D eigenvalue weighted by atomic mass is 10.1. The fourth-order valence-corrected chi connectivity index (χ4v) is 1.32. The van der Waals surface area contributed by atoms with Crippen LogP contribution in [-0.4, -0.2) is 10.7 Å². The number of allylic oxidation sites excluding steroid dienone is 1. The fraction of sp³-hybridized carbons (Fsp3) is 0.429. The summed E-state index contributed by atoms with van der Waals surface area (Å²) in [5.41, 5.74) is 3.39. The van der Waals surface area contributed by atoms with E-state index in [-0.39, 0.29) is 0 Å². The van der Waals surface area contributed by atoms with Gasteiger partial charge in [0.15, 0.2) is 0 Å². The maximum absolute atomic E-state index is 4.65. The summed E-state index contributed by atoms with van der Waals surface area (Å²) in [7, 11) is 0. The Balaban J connectivity index is 2.97. The summed E-state index contributed by atoms with van der Waals surface area (Å²) in [6, 6.07) is 4.02. The summed E-state index contributed by atoms with van der Waals surface area (Å²) in [4.78, 5) is 8.68. The standard InChI is InChI=1S/C14H20N2/c1-4-6-7-14(16-12(3)5-2)13-8-10-15-11-9-13/h7-11H,4-6H2,1-3H3/b14-7+,16-12-. The zero-order valence-corrected chi connectivity index (χ0v) is 10.4. The van der Waals surface area contributed by atoms with Crippen molar-refractivity contribution in [3.8, 4) is 0 Å². The van der Waals surface area contributed by atoms with E-state index in [1.165, 1.54) is 5.71 Å². The molecule has 0 saturated carbocycles. The molecule has 0 aliphatic carbocycles. The predicted molar refractivity (Wildman–Crippen MR) is 70.5 cm³/mol. The summed E-state index contributed by atoms with van der Waals surface area (Å²) in [5, 5.41) is 0. The first-order valence-electron chi connectivity index (χ1n) is 5.92. The summed E-state index contributed by atoms with van der Waals surface area (Å²) in [5.74, 6) is 0. The quantitative estimate of drug-likeness (QED) is 0.680. The van der Waals surface area contributed by atoms with Crippen LogP contribution >= 0.6 is 0 Å². The molecule has 0 amide bonds. The molecule has 0 atom stereocenters. The van der Waals surface area contributed by atoms with Gasteiger partial charge in [0.2, 0.25) is 0 Å². The van der Waals surface area contributed by atoms with Crippen molar-refractivity contribution in [1.82, 2.24) is 4.98 Å². The Hall–Kier alpha value is -1.44. The van der Waals surface area contributed by atoms with Gasteiger partial charge in [-0.25, -0.2) is 0 Å². The van der Waals surface area contributed by atoms with Gasteiger partial charge in [-0.15, -0.1) is 0 Å². The van der Waals surface area contributed by atoms with Crippen molar-refractivity contribution < 1.29 is 0 Å². The number of rotatable bonds is 5. The van der Waals surface area contributed by atoms with E-state index in [0.717, 1.165) is 30.5 Å². The summed E-state index contributed by atoms with van der Waals surface area (Å²) >= 11 is 0.